The van der Waals surface area contributed by atoms with Gasteiger partial charge >= 0.3 is 0 Å². The molecule has 4 heteroatoms. The largest absolute Gasteiger partial charge is 0.372 e. The number of rotatable bonds is 3. The maximum atomic E-state index is 12.3. The van der Waals surface area contributed by atoms with Crippen LogP contribution in [-0.2, 0) is 0 Å². The van der Waals surface area contributed by atoms with E-state index in [4.69, 9.17) is 0 Å². The van der Waals surface area contributed by atoms with Crippen molar-refractivity contribution >= 4 is 39.9 Å². The zero-order valence-corrected chi connectivity index (χ0v) is 15.3. The number of carbonyl (C=O) groups excluding carboxylic acids is 1. The molecule has 3 rings (SSSR count). The van der Waals surface area contributed by atoms with Gasteiger partial charge in [0.1, 0.15) is 0 Å². The Labute approximate surface area is 151 Å². The van der Waals surface area contributed by atoms with Crippen LogP contribution >= 0.6 is 22.6 Å². The predicted molar refractivity (Wildman–Crippen MR) is 104 cm³/mol. The van der Waals surface area contributed by atoms with E-state index in [0.717, 1.165) is 22.3 Å². The zero-order chi connectivity index (χ0) is 16.1. The van der Waals surface area contributed by atoms with E-state index in [-0.39, 0.29) is 5.91 Å². The van der Waals surface area contributed by atoms with Gasteiger partial charge in [0.2, 0.25) is 0 Å². The van der Waals surface area contributed by atoms with E-state index in [9.17, 15) is 4.79 Å². The number of carbonyl (C=O) groups is 1. The van der Waals surface area contributed by atoms with Crippen LogP contribution in [0.2, 0.25) is 0 Å². The number of benzene rings is 2. The summed E-state index contributed by atoms with van der Waals surface area (Å²) in [6.07, 6.45) is 5.20. The molecular formula is C19H21IN2O. The summed E-state index contributed by atoms with van der Waals surface area (Å²) in [5.41, 5.74) is 2.80. The lowest BCUT2D eigenvalue weighted by atomic mass is 10.2. The van der Waals surface area contributed by atoms with Crippen molar-refractivity contribution in [3.63, 3.8) is 0 Å². The molecule has 0 spiro atoms. The molecule has 1 aliphatic heterocycles. The van der Waals surface area contributed by atoms with E-state index in [2.05, 4.69) is 44.9 Å². The number of halogens is 1. The normalized spacial score (nSPS) is 15.1. The second-order valence-corrected chi connectivity index (χ2v) is 7.04. The van der Waals surface area contributed by atoms with Gasteiger partial charge in [0.15, 0.2) is 0 Å². The maximum Gasteiger partial charge on any atom is 0.256 e. The molecule has 0 radical (unpaired) electrons. The summed E-state index contributed by atoms with van der Waals surface area (Å²) in [5, 5.41) is 2.98. The van der Waals surface area contributed by atoms with Crippen LogP contribution in [0.5, 0.6) is 0 Å². The molecule has 23 heavy (non-hydrogen) atoms. The van der Waals surface area contributed by atoms with Crippen molar-refractivity contribution in [1.82, 2.24) is 0 Å². The molecule has 0 bridgehead atoms. The minimum absolute atomic E-state index is 0.0578. The van der Waals surface area contributed by atoms with Gasteiger partial charge in [0.05, 0.1) is 5.56 Å². The molecule has 2 aromatic rings. The second kappa shape index (κ2) is 7.81. The third-order valence-electron chi connectivity index (χ3n) is 4.21. The van der Waals surface area contributed by atoms with Crippen LogP contribution in [0.1, 0.15) is 36.0 Å². The first kappa shape index (κ1) is 16.3. The number of nitrogens with one attached hydrogen (secondary N) is 1. The lowest BCUT2D eigenvalue weighted by molar-refractivity contribution is 0.102. The van der Waals surface area contributed by atoms with Gasteiger partial charge in [-0.05, 0) is 71.8 Å². The fourth-order valence-electron chi connectivity index (χ4n) is 2.93. The molecule has 1 heterocycles. The molecule has 1 fully saturated rings. The third kappa shape index (κ3) is 4.25. The van der Waals surface area contributed by atoms with Crippen molar-refractivity contribution < 1.29 is 4.79 Å². The molecule has 2 aromatic carbocycles. The first-order chi connectivity index (χ1) is 11.2. The quantitative estimate of drug-likeness (QED) is 0.715. The Kier molecular flexibility index (Phi) is 5.54. The summed E-state index contributed by atoms with van der Waals surface area (Å²) in [7, 11) is 0. The summed E-state index contributed by atoms with van der Waals surface area (Å²) >= 11 is 2.19. The Hall–Kier alpha value is -1.56. The van der Waals surface area contributed by atoms with Gasteiger partial charge in [-0.15, -0.1) is 0 Å². The molecule has 120 valence electrons. The Morgan fingerprint density at radius 1 is 0.913 bits per heavy atom. The Bertz CT molecular complexity index is 661. The Morgan fingerprint density at radius 3 is 2.22 bits per heavy atom. The van der Waals surface area contributed by atoms with E-state index >= 15 is 0 Å². The molecule has 0 unspecified atom stereocenters. The van der Waals surface area contributed by atoms with Crippen LogP contribution in [0.4, 0.5) is 11.4 Å². The van der Waals surface area contributed by atoms with Crippen LogP contribution in [0.3, 0.4) is 0 Å². The van der Waals surface area contributed by atoms with Crippen molar-refractivity contribution in [2.75, 3.05) is 23.3 Å². The van der Waals surface area contributed by atoms with Crippen molar-refractivity contribution in [3.05, 3.63) is 57.7 Å². The lowest BCUT2D eigenvalue weighted by Crippen LogP contribution is -2.23. The highest BCUT2D eigenvalue weighted by Gasteiger charge is 2.11. The van der Waals surface area contributed by atoms with Crippen LogP contribution in [0.15, 0.2) is 48.5 Å². The highest BCUT2D eigenvalue weighted by Crippen LogP contribution is 2.22. The fourth-order valence-corrected chi connectivity index (χ4v) is 3.56. The zero-order valence-electron chi connectivity index (χ0n) is 13.1. The van der Waals surface area contributed by atoms with Crippen LogP contribution in [-0.4, -0.2) is 19.0 Å². The van der Waals surface area contributed by atoms with Crippen LogP contribution in [0, 0.1) is 3.57 Å². The fraction of sp³-hybridized carbons (Fsp3) is 0.316. The van der Waals surface area contributed by atoms with Gasteiger partial charge in [-0.3, -0.25) is 4.79 Å². The highest BCUT2D eigenvalue weighted by atomic mass is 127. The highest BCUT2D eigenvalue weighted by molar-refractivity contribution is 14.1. The molecule has 1 N–H and O–H groups in total. The number of hydrogen-bond acceptors (Lipinski definition) is 2. The summed E-state index contributed by atoms with van der Waals surface area (Å²) in [5.74, 6) is -0.0578. The van der Waals surface area contributed by atoms with Gasteiger partial charge in [-0.2, -0.15) is 0 Å². The summed E-state index contributed by atoms with van der Waals surface area (Å²) < 4.78 is 0.962. The average molecular weight is 420 g/mol. The van der Waals surface area contributed by atoms with Crippen LogP contribution in [0.25, 0.3) is 0 Å². The first-order valence-corrected chi connectivity index (χ1v) is 9.23. The van der Waals surface area contributed by atoms with E-state index in [0.29, 0.717) is 5.56 Å². The van der Waals surface area contributed by atoms with Gasteiger partial charge in [-0.1, -0.05) is 25.0 Å². The third-order valence-corrected chi connectivity index (χ3v) is 5.16. The van der Waals surface area contributed by atoms with Gasteiger partial charge < -0.3 is 10.2 Å². The number of anilines is 2. The molecule has 3 nitrogen and oxygen atoms in total. The van der Waals surface area contributed by atoms with E-state index in [1.165, 1.54) is 31.4 Å². The number of amides is 1. The topological polar surface area (TPSA) is 32.3 Å². The second-order valence-electron chi connectivity index (χ2n) is 5.88. The lowest BCUT2D eigenvalue weighted by Gasteiger charge is -2.22. The Balaban J connectivity index is 1.67. The van der Waals surface area contributed by atoms with Crippen molar-refractivity contribution in [2.24, 2.45) is 0 Å². The van der Waals surface area contributed by atoms with Crippen molar-refractivity contribution in [2.45, 2.75) is 25.7 Å². The summed E-state index contributed by atoms with van der Waals surface area (Å²) in [6, 6.07) is 15.8. The summed E-state index contributed by atoms with van der Waals surface area (Å²) in [6.45, 7) is 2.27. The monoisotopic (exact) mass is 420 g/mol. The van der Waals surface area contributed by atoms with Crippen LogP contribution < -0.4 is 10.2 Å². The average Bonchev–Trinajstić information content (AvgIpc) is 2.85. The molecule has 0 saturated carbocycles. The van der Waals surface area contributed by atoms with Gasteiger partial charge in [0, 0.05) is 28.0 Å². The molecule has 1 amide bonds. The standard InChI is InChI=1S/C19H21IN2O/c20-18-8-4-3-7-17(18)19(23)21-15-9-11-16(12-10-15)22-13-5-1-2-6-14-22/h3-4,7-12H,1-2,5-6,13-14H2,(H,21,23). The minimum atomic E-state index is -0.0578. The molecule has 1 saturated heterocycles. The SMILES string of the molecule is O=C(Nc1ccc(N2CCCCCC2)cc1)c1ccccc1I. The number of nitrogens with zero attached hydrogens (tertiary/aromatic N) is 1. The van der Waals surface area contributed by atoms with Crippen molar-refractivity contribution in [3.8, 4) is 0 Å². The van der Waals surface area contributed by atoms with E-state index in [1.807, 2.05) is 36.4 Å². The molecule has 0 aliphatic carbocycles. The van der Waals surface area contributed by atoms with Gasteiger partial charge in [0.25, 0.3) is 5.91 Å². The van der Waals surface area contributed by atoms with Crippen molar-refractivity contribution in [1.29, 1.82) is 0 Å². The maximum absolute atomic E-state index is 12.3. The molecule has 1 aliphatic rings. The smallest absolute Gasteiger partial charge is 0.256 e. The minimum Gasteiger partial charge on any atom is -0.372 e. The summed E-state index contributed by atoms with van der Waals surface area (Å²) in [4.78, 5) is 14.8. The molecule has 0 aromatic heterocycles. The molecular weight excluding hydrogens is 399 g/mol. The number of hydrogen-bond donors (Lipinski definition) is 1. The predicted octanol–water partition coefficient (Wildman–Crippen LogP) is 4.92. The molecule has 0 atom stereocenters. The van der Waals surface area contributed by atoms with E-state index in [1.54, 1.807) is 0 Å². The first-order valence-electron chi connectivity index (χ1n) is 8.15. The van der Waals surface area contributed by atoms with E-state index < -0.39 is 0 Å². The van der Waals surface area contributed by atoms with Gasteiger partial charge in [-0.25, -0.2) is 0 Å². The Morgan fingerprint density at radius 2 is 1.57 bits per heavy atom.